The first kappa shape index (κ1) is 13.5. The van der Waals surface area contributed by atoms with Crippen molar-refractivity contribution < 1.29 is 9.13 Å². The highest BCUT2D eigenvalue weighted by atomic mass is 35.5. The number of ether oxygens (including phenoxy) is 1. The summed E-state index contributed by atoms with van der Waals surface area (Å²) in [4.78, 5) is 8.06. The van der Waals surface area contributed by atoms with Crippen LogP contribution in [0, 0.1) is 6.92 Å². The first-order chi connectivity index (χ1) is 9.01. The van der Waals surface area contributed by atoms with Gasteiger partial charge in [-0.1, -0.05) is 17.7 Å². The summed E-state index contributed by atoms with van der Waals surface area (Å²) in [7, 11) is 1.47. The summed E-state index contributed by atoms with van der Waals surface area (Å²) in [5.74, 6) is 0.337. The fourth-order valence-corrected chi connectivity index (χ4v) is 1.88. The zero-order chi connectivity index (χ0) is 14.0. The number of aryl methyl sites for hydroxylation is 1. The van der Waals surface area contributed by atoms with Gasteiger partial charge >= 0.3 is 0 Å². The third-order valence-corrected chi connectivity index (χ3v) is 2.84. The second kappa shape index (κ2) is 5.40. The number of nitrogen functional groups attached to an aromatic ring is 1. The molecule has 1 heterocycles. The number of anilines is 1. The van der Waals surface area contributed by atoms with E-state index in [1.807, 2.05) is 0 Å². The molecule has 2 N–H and O–H groups in total. The Labute approximate surface area is 115 Å². The average molecular weight is 282 g/mol. The molecule has 0 aliphatic heterocycles. The zero-order valence-corrected chi connectivity index (χ0v) is 11.3. The smallest absolute Gasteiger partial charge is 0.216 e. The molecule has 6 heteroatoms. The van der Waals surface area contributed by atoms with Crippen molar-refractivity contribution >= 4 is 17.3 Å². The van der Waals surface area contributed by atoms with Gasteiger partial charge in [0.1, 0.15) is 0 Å². The van der Waals surface area contributed by atoms with E-state index >= 15 is 0 Å². The summed E-state index contributed by atoms with van der Waals surface area (Å²) in [6, 6.07) is 6.23. The van der Waals surface area contributed by atoms with Crippen molar-refractivity contribution in [3.8, 4) is 5.88 Å². The van der Waals surface area contributed by atoms with Crippen molar-refractivity contribution in [1.29, 1.82) is 0 Å². The Balaban J connectivity index is 2.43. The molecule has 0 aliphatic carbocycles. The van der Waals surface area contributed by atoms with Crippen LogP contribution in [-0.2, 0) is 0 Å². The quantitative estimate of drug-likeness (QED) is 0.878. The van der Waals surface area contributed by atoms with E-state index in [0.717, 1.165) is 0 Å². The summed E-state index contributed by atoms with van der Waals surface area (Å²) < 4.78 is 19.5. The van der Waals surface area contributed by atoms with Crippen LogP contribution in [0.1, 0.15) is 23.3 Å². The minimum atomic E-state index is -1.52. The number of nitrogens with zero attached hydrogens (tertiary/aromatic N) is 2. The van der Waals surface area contributed by atoms with E-state index in [4.69, 9.17) is 22.1 Å². The highest BCUT2D eigenvalue weighted by Gasteiger charge is 2.20. The van der Waals surface area contributed by atoms with Gasteiger partial charge in [-0.3, -0.25) is 0 Å². The number of aromatic nitrogens is 2. The fourth-order valence-electron chi connectivity index (χ4n) is 1.70. The molecule has 1 atom stereocenters. The van der Waals surface area contributed by atoms with Gasteiger partial charge in [0.05, 0.1) is 7.11 Å². The zero-order valence-electron chi connectivity index (χ0n) is 10.5. The molecule has 0 saturated carbocycles. The molecule has 0 aliphatic rings. The SMILES string of the molecule is COc1cc(C)nc(C(F)c2ccc(Cl)cc2N)n1. The maximum atomic E-state index is 14.5. The summed E-state index contributed by atoms with van der Waals surface area (Å²) in [6.07, 6.45) is -1.52. The molecule has 1 aromatic carbocycles. The van der Waals surface area contributed by atoms with Gasteiger partial charge in [-0.2, -0.15) is 4.98 Å². The fraction of sp³-hybridized carbons (Fsp3) is 0.231. The van der Waals surface area contributed by atoms with Crippen LogP contribution in [0.4, 0.5) is 10.1 Å². The van der Waals surface area contributed by atoms with Gasteiger partial charge in [0, 0.05) is 28.0 Å². The van der Waals surface area contributed by atoms with E-state index in [0.29, 0.717) is 16.6 Å². The molecule has 1 unspecified atom stereocenters. The molecule has 19 heavy (non-hydrogen) atoms. The number of hydrogen-bond acceptors (Lipinski definition) is 4. The van der Waals surface area contributed by atoms with E-state index in [-0.39, 0.29) is 17.1 Å². The van der Waals surface area contributed by atoms with Gasteiger partial charge in [0.25, 0.3) is 0 Å². The number of nitrogens with two attached hydrogens (primary N) is 1. The van der Waals surface area contributed by atoms with Crippen LogP contribution in [0.5, 0.6) is 5.88 Å². The van der Waals surface area contributed by atoms with Crippen molar-refractivity contribution in [1.82, 2.24) is 9.97 Å². The standard InChI is InChI=1S/C13H13ClFN3O/c1-7-5-11(19-2)18-13(17-7)12(15)9-4-3-8(14)6-10(9)16/h3-6,12H,16H2,1-2H3. The van der Waals surface area contributed by atoms with E-state index in [1.54, 1.807) is 19.1 Å². The molecule has 2 aromatic rings. The summed E-state index contributed by atoms with van der Waals surface area (Å²) in [6.45, 7) is 1.74. The van der Waals surface area contributed by atoms with E-state index < -0.39 is 6.17 Å². The minimum Gasteiger partial charge on any atom is -0.481 e. The lowest BCUT2D eigenvalue weighted by atomic mass is 10.1. The number of halogens is 2. The normalized spacial score (nSPS) is 12.2. The lowest BCUT2D eigenvalue weighted by molar-refractivity contribution is 0.361. The topological polar surface area (TPSA) is 61.0 Å². The van der Waals surface area contributed by atoms with Crippen molar-refractivity contribution in [2.45, 2.75) is 13.1 Å². The van der Waals surface area contributed by atoms with Crippen LogP contribution < -0.4 is 10.5 Å². The Bertz CT molecular complexity index is 606. The number of rotatable bonds is 3. The van der Waals surface area contributed by atoms with E-state index in [9.17, 15) is 4.39 Å². The van der Waals surface area contributed by atoms with Crippen LogP contribution in [0.2, 0.25) is 5.02 Å². The Morgan fingerprint density at radius 2 is 2.05 bits per heavy atom. The Morgan fingerprint density at radius 1 is 1.32 bits per heavy atom. The first-order valence-electron chi connectivity index (χ1n) is 5.60. The lowest BCUT2D eigenvalue weighted by Crippen LogP contribution is -2.06. The molecular weight excluding hydrogens is 269 g/mol. The predicted octanol–water partition coefficient (Wildman–Crippen LogP) is 3.09. The second-order valence-corrected chi connectivity index (χ2v) is 4.48. The third kappa shape index (κ3) is 2.93. The van der Waals surface area contributed by atoms with Crippen LogP contribution >= 0.6 is 11.6 Å². The number of alkyl halides is 1. The third-order valence-electron chi connectivity index (χ3n) is 2.61. The van der Waals surface area contributed by atoms with Crippen molar-refractivity contribution in [3.05, 3.63) is 46.4 Å². The van der Waals surface area contributed by atoms with Crippen LogP contribution in [0.25, 0.3) is 0 Å². The predicted molar refractivity (Wildman–Crippen MR) is 72.1 cm³/mol. The summed E-state index contributed by atoms with van der Waals surface area (Å²) in [5, 5.41) is 0.455. The molecule has 0 bridgehead atoms. The number of hydrogen-bond donors (Lipinski definition) is 1. The van der Waals surface area contributed by atoms with Gasteiger partial charge in [0.2, 0.25) is 5.88 Å². The van der Waals surface area contributed by atoms with Gasteiger partial charge in [-0.05, 0) is 19.1 Å². The van der Waals surface area contributed by atoms with Gasteiger partial charge < -0.3 is 10.5 Å². The summed E-state index contributed by atoms with van der Waals surface area (Å²) in [5.41, 5.74) is 6.94. The molecule has 100 valence electrons. The van der Waals surface area contributed by atoms with E-state index in [2.05, 4.69) is 9.97 Å². The molecule has 2 rings (SSSR count). The van der Waals surface area contributed by atoms with Crippen molar-refractivity contribution in [2.24, 2.45) is 0 Å². The average Bonchev–Trinajstić information content (AvgIpc) is 2.37. The maximum absolute atomic E-state index is 14.5. The molecule has 0 radical (unpaired) electrons. The lowest BCUT2D eigenvalue weighted by Gasteiger charge is -2.12. The van der Waals surface area contributed by atoms with Crippen LogP contribution in [0.15, 0.2) is 24.3 Å². The molecule has 0 spiro atoms. The van der Waals surface area contributed by atoms with E-state index in [1.165, 1.54) is 19.2 Å². The number of benzene rings is 1. The number of methoxy groups -OCH3 is 1. The highest BCUT2D eigenvalue weighted by molar-refractivity contribution is 6.30. The molecule has 0 amide bonds. The van der Waals surface area contributed by atoms with Crippen molar-refractivity contribution in [2.75, 3.05) is 12.8 Å². The van der Waals surface area contributed by atoms with Gasteiger partial charge in [0.15, 0.2) is 12.0 Å². The molecule has 1 aromatic heterocycles. The Morgan fingerprint density at radius 3 is 2.68 bits per heavy atom. The summed E-state index contributed by atoms with van der Waals surface area (Å²) >= 11 is 5.79. The Kier molecular flexibility index (Phi) is 3.85. The van der Waals surface area contributed by atoms with Crippen LogP contribution in [-0.4, -0.2) is 17.1 Å². The minimum absolute atomic E-state index is 0.0193. The molecule has 0 fully saturated rings. The monoisotopic (exact) mass is 281 g/mol. The molecule has 4 nitrogen and oxygen atoms in total. The van der Waals surface area contributed by atoms with Crippen LogP contribution in [0.3, 0.4) is 0 Å². The van der Waals surface area contributed by atoms with Crippen molar-refractivity contribution in [3.63, 3.8) is 0 Å². The van der Waals surface area contributed by atoms with Gasteiger partial charge in [-0.15, -0.1) is 0 Å². The first-order valence-corrected chi connectivity index (χ1v) is 5.97. The highest BCUT2D eigenvalue weighted by Crippen LogP contribution is 2.30. The second-order valence-electron chi connectivity index (χ2n) is 4.05. The maximum Gasteiger partial charge on any atom is 0.216 e. The Hall–Kier alpha value is -1.88. The molecule has 0 saturated heterocycles. The van der Waals surface area contributed by atoms with Gasteiger partial charge in [-0.25, -0.2) is 9.37 Å². The molecular formula is C13H13ClFN3O. The largest absolute Gasteiger partial charge is 0.481 e.